The Bertz CT molecular complexity index is 598. The number of aryl methyl sites for hydroxylation is 1. The monoisotopic (exact) mass is 376 g/mol. The van der Waals surface area contributed by atoms with Crippen LogP contribution in [0.1, 0.15) is 32.8 Å². The fourth-order valence-corrected chi connectivity index (χ4v) is 3.37. The molecule has 0 aromatic heterocycles. The summed E-state index contributed by atoms with van der Waals surface area (Å²) < 4.78 is 5.78. The normalized spacial score (nSPS) is 17.0. The molecule has 1 fully saturated rings. The van der Waals surface area contributed by atoms with Crippen LogP contribution in [0.25, 0.3) is 0 Å². The first-order valence-corrected chi connectivity index (χ1v) is 10.1. The molecule has 1 saturated heterocycles. The lowest BCUT2D eigenvalue weighted by atomic mass is 10.0. The van der Waals surface area contributed by atoms with Crippen molar-refractivity contribution in [3.8, 4) is 5.75 Å². The third-order valence-corrected chi connectivity index (χ3v) is 5.10. The maximum Gasteiger partial charge on any atom is 0.319 e. The first kappa shape index (κ1) is 21.5. The zero-order valence-electron chi connectivity index (χ0n) is 17.5. The van der Waals surface area contributed by atoms with Crippen LogP contribution >= 0.6 is 0 Å². The van der Waals surface area contributed by atoms with Gasteiger partial charge in [-0.1, -0.05) is 26.8 Å². The Hall–Kier alpha value is -1.79. The summed E-state index contributed by atoms with van der Waals surface area (Å²) in [6.45, 7) is 14.1. The quantitative estimate of drug-likeness (QED) is 0.732. The van der Waals surface area contributed by atoms with Crippen molar-refractivity contribution in [1.29, 1.82) is 0 Å². The number of nitrogens with one attached hydrogen (secondary N) is 2. The second kappa shape index (κ2) is 10.5. The highest BCUT2D eigenvalue weighted by Gasteiger charge is 2.25. The Morgan fingerprint density at radius 2 is 1.93 bits per heavy atom. The van der Waals surface area contributed by atoms with Crippen molar-refractivity contribution >= 4 is 11.7 Å². The van der Waals surface area contributed by atoms with E-state index in [1.807, 2.05) is 25.1 Å². The summed E-state index contributed by atoms with van der Waals surface area (Å²) in [6, 6.07) is 6.01. The van der Waals surface area contributed by atoms with E-state index in [0.29, 0.717) is 30.8 Å². The minimum Gasteiger partial charge on any atom is -0.491 e. The van der Waals surface area contributed by atoms with Gasteiger partial charge in [0, 0.05) is 38.8 Å². The van der Waals surface area contributed by atoms with Gasteiger partial charge in [0.1, 0.15) is 5.75 Å². The second-order valence-corrected chi connectivity index (χ2v) is 7.83. The molecule has 0 saturated carbocycles. The van der Waals surface area contributed by atoms with E-state index in [9.17, 15) is 4.79 Å². The molecule has 1 atom stereocenters. The number of carbonyl (C=O) groups is 1. The average Bonchev–Trinajstić information content (AvgIpc) is 2.63. The molecule has 6 heteroatoms. The van der Waals surface area contributed by atoms with Crippen LogP contribution in [-0.2, 0) is 0 Å². The number of amides is 2. The van der Waals surface area contributed by atoms with Crippen LogP contribution in [0, 0.1) is 12.8 Å². The van der Waals surface area contributed by atoms with Crippen LogP contribution in [0.3, 0.4) is 0 Å². The Morgan fingerprint density at radius 1 is 1.22 bits per heavy atom. The Morgan fingerprint density at radius 3 is 2.56 bits per heavy atom. The number of hydrogen-bond donors (Lipinski definition) is 2. The van der Waals surface area contributed by atoms with Gasteiger partial charge < -0.3 is 20.3 Å². The molecule has 0 bridgehead atoms. The number of anilines is 1. The number of ether oxygens (including phenoxy) is 1. The molecule has 27 heavy (non-hydrogen) atoms. The summed E-state index contributed by atoms with van der Waals surface area (Å²) in [7, 11) is 2.16. The summed E-state index contributed by atoms with van der Waals surface area (Å²) in [6.07, 6.45) is 0.931. The van der Waals surface area contributed by atoms with Crippen molar-refractivity contribution in [2.75, 3.05) is 51.7 Å². The molecule has 152 valence electrons. The summed E-state index contributed by atoms with van der Waals surface area (Å²) in [4.78, 5) is 17.3. The molecule has 1 aliphatic heterocycles. The highest BCUT2D eigenvalue weighted by atomic mass is 16.5. The van der Waals surface area contributed by atoms with Crippen molar-refractivity contribution in [3.63, 3.8) is 0 Å². The second-order valence-electron chi connectivity index (χ2n) is 7.83. The molecule has 6 nitrogen and oxygen atoms in total. The van der Waals surface area contributed by atoms with Crippen molar-refractivity contribution in [3.05, 3.63) is 23.8 Å². The van der Waals surface area contributed by atoms with Crippen molar-refractivity contribution in [2.24, 2.45) is 5.92 Å². The maximum absolute atomic E-state index is 12.5. The molecule has 1 aromatic carbocycles. The zero-order valence-corrected chi connectivity index (χ0v) is 17.5. The molecule has 0 radical (unpaired) electrons. The highest BCUT2D eigenvalue weighted by Crippen LogP contribution is 2.26. The minimum absolute atomic E-state index is 0.181. The van der Waals surface area contributed by atoms with E-state index in [-0.39, 0.29) is 6.03 Å². The molecule has 1 heterocycles. The first-order chi connectivity index (χ1) is 12.9. The van der Waals surface area contributed by atoms with E-state index < -0.39 is 0 Å². The summed E-state index contributed by atoms with van der Waals surface area (Å²) in [5.74, 6) is 1.21. The van der Waals surface area contributed by atoms with Crippen LogP contribution < -0.4 is 15.4 Å². The van der Waals surface area contributed by atoms with E-state index in [4.69, 9.17) is 4.74 Å². The molecule has 1 unspecified atom stereocenters. The Kier molecular flexibility index (Phi) is 8.38. The fourth-order valence-electron chi connectivity index (χ4n) is 3.37. The van der Waals surface area contributed by atoms with Crippen molar-refractivity contribution in [1.82, 2.24) is 15.1 Å². The lowest BCUT2D eigenvalue weighted by molar-refractivity contribution is 0.0890. The van der Waals surface area contributed by atoms with E-state index in [1.54, 1.807) is 0 Å². The van der Waals surface area contributed by atoms with Gasteiger partial charge >= 0.3 is 6.03 Å². The van der Waals surface area contributed by atoms with Gasteiger partial charge in [0.05, 0.1) is 12.3 Å². The van der Waals surface area contributed by atoms with Crippen molar-refractivity contribution < 1.29 is 9.53 Å². The molecule has 2 N–H and O–H groups in total. The van der Waals surface area contributed by atoms with Gasteiger partial charge in [0.2, 0.25) is 0 Å². The largest absolute Gasteiger partial charge is 0.491 e. The van der Waals surface area contributed by atoms with Crippen LogP contribution in [0.2, 0.25) is 0 Å². The number of nitrogens with zero attached hydrogens (tertiary/aromatic N) is 2. The number of hydrogen-bond acceptors (Lipinski definition) is 4. The molecule has 2 amide bonds. The summed E-state index contributed by atoms with van der Waals surface area (Å²) in [5, 5.41) is 6.01. The van der Waals surface area contributed by atoms with Crippen LogP contribution in [0.4, 0.5) is 10.5 Å². The zero-order chi connectivity index (χ0) is 19.8. The Labute approximate surface area is 164 Å². The van der Waals surface area contributed by atoms with E-state index in [1.165, 1.54) is 0 Å². The Balaban J connectivity index is 1.92. The maximum atomic E-state index is 12.5. The lowest BCUT2D eigenvalue weighted by Gasteiger charge is -2.39. The van der Waals surface area contributed by atoms with E-state index >= 15 is 0 Å². The number of urea groups is 1. The predicted octanol–water partition coefficient (Wildman–Crippen LogP) is 3.18. The molecular formula is C21H36N4O2. The fraction of sp³-hybridized carbons (Fsp3) is 0.667. The molecule has 1 aromatic rings. The van der Waals surface area contributed by atoms with Crippen LogP contribution in [-0.4, -0.2) is 68.3 Å². The predicted molar refractivity (Wildman–Crippen MR) is 112 cm³/mol. The van der Waals surface area contributed by atoms with Crippen molar-refractivity contribution in [2.45, 2.75) is 40.2 Å². The third-order valence-electron chi connectivity index (χ3n) is 5.10. The van der Waals surface area contributed by atoms with Gasteiger partial charge in [-0.2, -0.15) is 0 Å². The average molecular weight is 377 g/mol. The van der Waals surface area contributed by atoms with Gasteiger partial charge in [0.25, 0.3) is 0 Å². The summed E-state index contributed by atoms with van der Waals surface area (Å²) in [5.41, 5.74) is 1.83. The number of carbonyl (C=O) groups excluding carboxylic acids is 1. The minimum atomic E-state index is -0.181. The van der Waals surface area contributed by atoms with Crippen LogP contribution in [0.5, 0.6) is 5.75 Å². The standard InChI is InChI=1S/C21H36N4O2/c1-6-13-27-20-14-17(4)7-8-18(20)23-21(26)22-15-19(16(2)3)25-11-9-24(5)10-12-25/h7-8,14,16,19H,6,9-13,15H2,1-5H3,(H2,22,23,26). The van der Waals surface area contributed by atoms with Gasteiger partial charge in [-0.15, -0.1) is 0 Å². The first-order valence-electron chi connectivity index (χ1n) is 10.1. The van der Waals surface area contributed by atoms with Gasteiger partial charge in [-0.25, -0.2) is 4.79 Å². The van der Waals surface area contributed by atoms with Gasteiger partial charge in [-0.3, -0.25) is 4.90 Å². The summed E-state index contributed by atoms with van der Waals surface area (Å²) >= 11 is 0. The number of piperazine rings is 1. The smallest absolute Gasteiger partial charge is 0.319 e. The number of benzene rings is 1. The highest BCUT2D eigenvalue weighted by molar-refractivity contribution is 5.91. The molecule has 0 aliphatic carbocycles. The van der Waals surface area contributed by atoms with Crippen LogP contribution in [0.15, 0.2) is 18.2 Å². The van der Waals surface area contributed by atoms with Gasteiger partial charge in [-0.05, 0) is 44.0 Å². The number of likely N-dealkylation sites (N-methyl/N-ethyl adjacent to an activating group) is 1. The molecule has 1 aliphatic rings. The third kappa shape index (κ3) is 6.70. The SMILES string of the molecule is CCCOc1cc(C)ccc1NC(=O)NCC(C(C)C)N1CCN(C)CC1. The van der Waals surface area contributed by atoms with Gasteiger partial charge in [0.15, 0.2) is 0 Å². The van der Waals surface area contributed by atoms with E-state index in [0.717, 1.165) is 43.9 Å². The molecule has 2 rings (SSSR count). The number of rotatable bonds is 8. The molecule has 0 spiro atoms. The lowest BCUT2D eigenvalue weighted by Crippen LogP contribution is -2.54. The topological polar surface area (TPSA) is 56.8 Å². The van der Waals surface area contributed by atoms with E-state index in [2.05, 4.69) is 48.3 Å². The molecular weight excluding hydrogens is 340 g/mol.